The minimum absolute atomic E-state index is 0.0455. The smallest absolute Gasteiger partial charge is 0.152 e. The number of hydrogen-bond donors (Lipinski definition) is 1. The predicted octanol–water partition coefficient (Wildman–Crippen LogP) is 1.37. The number of carbonyl (C=O) groups excluding carboxylic acids is 1. The number of nitrogens with one attached hydrogen (secondary N) is 1. The maximum atomic E-state index is 11.6. The van der Waals surface area contributed by atoms with Crippen molar-refractivity contribution in [3.63, 3.8) is 0 Å². The van der Waals surface area contributed by atoms with E-state index in [2.05, 4.69) is 19.2 Å². The van der Waals surface area contributed by atoms with Crippen LogP contribution in [-0.2, 0) is 9.53 Å². The van der Waals surface area contributed by atoms with E-state index in [1.54, 1.807) is 0 Å². The molecule has 14 heavy (non-hydrogen) atoms. The lowest BCUT2D eigenvalue weighted by molar-refractivity contribution is -0.123. The molecule has 1 aliphatic heterocycles. The number of ketones is 1. The Morgan fingerprint density at radius 3 is 2.93 bits per heavy atom. The van der Waals surface area contributed by atoms with E-state index in [9.17, 15) is 4.79 Å². The van der Waals surface area contributed by atoms with Gasteiger partial charge in [0.1, 0.15) is 0 Å². The molecule has 3 heteroatoms. The van der Waals surface area contributed by atoms with Crippen molar-refractivity contribution in [1.29, 1.82) is 0 Å². The Morgan fingerprint density at radius 1 is 1.57 bits per heavy atom. The van der Waals surface area contributed by atoms with Gasteiger partial charge in [-0.25, -0.2) is 0 Å². The van der Waals surface area contributed by atoms with Crippen molar-refractivity contribution >= 4 is 5.78 Å². The molecule has 1 fully saturated rings. The summed E-state index contributed by atoms with van der Waals surface area (Å²) in [6, 6.07) is -0.0455. The minimum Gasteiger partial charge on any atom is -0.378 e. The Labute approximate surface area is 86.2 Å². The minimum atomic E-state index is -0.0455. The van der Waals surface area contributed by atoms with Crippen LogP contribution in [0.25, 0.3) is 0 Å². The van der Waals surface area contributed by atoms with E-state index < -0.39 is 0 Å². The quantitative estimate of drug-likeness (QED) is 0.726. The van der Waals surface area contributed by atoms with Gasteiger partial charge in [0.05, 0.1) is 19.3 Å². The molecule has 82 valence electrons. The molecule has 1 heterocycles. The average molecular weight is 199 g/mol. The van der Waals surface area contributed by atoms with E-state index in [1.165, 1.54) is 0 Å². The van der Waals surface area contributed by atoms with Gasteiger partial charge in [-0.3, -0.25) is 4.79 Å². The number of ether oxygens (including phenoxy) is 1. The molecule has 0 radical (unpaired) electrons. The van der Waals surface area contributed by atoms with E-state index in [-0.39, 0.29) is 6.04 Å². The van der Waals surface area contributed by atoms with Crippen LogP contribution in [0.3, 0.4) is 0 Å². The monoisotopic (exact) mass is 199 g/mol. The highest BCUT2D eigenvalue weighted by Crippen LogP contribution is 2.08. The molecule has 1 N–H and O–H groups in total. The Morgan fingerprint density at radius 2 is 2.36 bits per heavy atom. The maximum absolute atomic E-state index is 11.6. The fourth-order valence-electron chi connectivity index (χ4n) is 1.63. The summed E-state index contributed by atoms with van der Waals surface area (Å²) in [5.74, 6) is 1.00. The van der Waals surface area contributed by atoms with Gasteiger partial charge in [-0.05, 0) is 12.3 Å². The summed E-state index contributed by atoms with van der Waals surface area (Å²) in [6.07, 6.45) is 2.84. The van der Waals surface area contributed by atoms with Crippen molar-refractivity contribution < 1.29 is 9.53 Å². The molecular formula is C11H21NO2. The molecule has 0 amide bonds. The fourth-order valence-corrected chi connectivity index (χ4v) is 1.63. The van der Waals surface area contributed by atoms with E-state index in [0.717, 1.165) is 26.0 Å². The molecule has 3 nitrogen and oxygen atoms in total. The summed E-state index contributed by atoms with van der Waals surface area (Å²) in [4.78, 5) is 11.6. The van der Waals surface area contributed by atoms with Crippen LogP contribution >= 0.6 is 0 Å². The number of carbonyl (C=O) groups is 1. The zero-order valence-electron chi connectivity index (χ0n) is 9.21. The fraction of sp³-hybridized carbons (Fsp3) is 0.909. The van der Waals surface area contributed by atoms with Crippen molar-refractivity contribution in [3.8, 4) is 0 Å². The van der Waals surface area contributed by atoms with Crippen LogP contribution in [0.5, 0.6) is 0 Å². The Kier molecular flexibility index (Phi) is 5.12. The number of Topliss-reactive ketones (excluding diaryl/α,β-unsaturated/α-hetero) is 1. The standard InChI is InChI=1S/C11H21NO2/c1-9(2)4-3-5-11(13)10-8-14-7-6-12-10/h9-10,12H,3-8H2,1-2H3. The predicted molar refractivity (Wildman–Crippen MR) is 56.3 cm³/mol. The lowest BCUT2D eigenvalue weighted by Crippen LogP contribution is -2.46. The van der Waals surface area contributed by atoms with Gasteiger partial charge in [-0.1, -0.05) is 20.3 Å². The molecule has 0 bridgehead atoms. The van der Waals surface area contributed by atoms with Crippen LogP contribution in [0, 0.1) is 5.92 Å². The molecule has 0 saturated carbocycles. The zero-order chi connectivity index (χ0) is 10.4. The van der Waals surface area contributed by atoms with Gasteiger partial charge < -0.3 is 10.1 Å². The third-order valence-corrected chi connectivity index (χ3v) is 2.51. The van der Waals surface area contributed by atoms with Gasteiger partial charge >= 0.3 is 0 Å². The molecule has 0 aromatic carbocycles. The molecular weight excluding hydrogens is 178 g/mol. The molecule has 1 rings (SSSR count). The molecule has 0 aliphatic carbocycles. The van der Waals surface area contributed by atoms with Crippen molar-refractivity contribution in [2.45, 2.75) is 39.2 Å². The number of rotatable bonds is 5. The largest absolute Gasteiger partial charge is 0.378 e. The molecule has 0 aromatic heterocycles. The normalized spacial score (nSPS) is 22.6. The lowest BCUT2D eigenvalue weighted by Gasteiger charge is -2.22. The highest BCUT2D eigenvalue weighted by Gasteiger charge is 2.20. The first-order valence-electron chi connectivity index (χ1n) is 5.54. The van der Waals surface area contributed by atoms with Crippen LogP contribution in [0.15, 0.2) is 0 Å². The number of hydrogen-bond acceptors (Lipinski definition) is 3. The van der Waals surface area contributed by atoms with E-state index in [4.69, 9.17) is 4.74 Å². The third-order valence-electron chi connectivity index (χ3n) is 2.51. The Hall–Kier alpha value is -0.410. The van der Waals surface area contributed by atoms with Crippen LogP contribution in [-0.4, -0.2) is 31.6 Å². The molecule has 1 saturated heterocycles. The summed E-state index contributed by atoms with van der Waals surface area (Å²) in [5.41, 5.74) is 0. The Bertz CT molecular complexity index is 174. The third kappa shape index (κ3) is 4.20. The van der Waals surface area contributed by atoms with Crippen molar-refractivity contribution in [3.05, 3.63) is 0 Å². The maximum Gasteiger partial charge on any atom is 0.152 e. The van der Waals surface area contributed by atoms with Crippen molar-refractivity contribution in [2.24, 2.45) is 5.92 Å². The Balaban J connectivity index is 2.13. The number of morpholine rings is 1. The molecule has 1 unspecified atom stereocenters. The van der Waals surface area contributed by atoms with Crippen LogP contribution in [0.1, 0.15) is 33.1 Å². The second-order valence-corrected chi connectivity index (χ2v) is 4.33. The summed E-state index contributed by atoms with van der Waals surface area (Å²) >= 11 is 0. The summed E-state index contributed by atoms with van der Waals surface area (Å²) < 4.78 is 5.25. The average Bonchev–Trinajstić information content (AvgIpc) is 2.18. The highest BCUT2D eigenvalue weighted by molar-refractivity contribution is 5.84. The molecule has 0 aromatic rings. The van der Waals surface area contributed by atoms with Crippen LogP contribution < -0.4 is 5.32 Å². The molecule has 0 spiro atoms. The zero-order valence-corrected chi connectivity index (χ0v) is 9.21. The lowest BCUT2D eigenvalue weighted by atomic mass is 10.0. The van der Waals surface area contributed by atoms with Crippen LogP contribution in [0.4, 0.5) is 0 Å². The summed E-state index contributed by atoms with van der Waals surface area (Å²) in [6.45, 7) is 6.47. The van der Waals surface area contributed by atoms with E-state index in [0.29, 0.717) is 24.7 Å². The first-order valence-corrected chi connectivity index (χ1v) is 5.54. The van der Waals surface area contributed by atoms with E-state index >= 15 is 0 Å². The van der Waals surface area contributed by atoms with Gasteiger partial charge in [-0.15, -0.1) is 0 Å². The second-order valence-electron chi connectivity index (χ2n) is 4.33. The summed E-state index contributed by atoms with van der Waals surface area (Å²) in [7, 11) is 0. The topological polar surface area (TPSA) is 38.3 Å². The first kappa shape index (κ1) is 11.7. The molecule has 1 atom stereocenters. The highest BCUT2D eigenvalue weighted by atomic mass is 16.5. The second kappa shape index (κ2) is 6.14. The van der Waals surface area contributed by atoms with Gasteiger partial charge in [-0.2, -0.15) is 0 Å². The van der Waals surface area contributed by atoms with E-state index in [1.807, 2.05) is 0 Å². The van der Waals surface area contributed by atoms with Gasteiger partial charge in [0.25, 0.3) is 0 Å². The van der Waals surface area contributed by atoms with Crippen molar-refractivity contribution in [1.82, 2.24) is 5.32 Å². The van der Waals surface area contributed by atoms with Crippen LogP contribution in [0.2, 0.25) is 0 Å². The first-order chi connectivity index (χ1) is 6.70. The van der Waals surface area contributed by atoms with Crippen molar-refractivity contribution in [2.75, 3.05) is 19.8 Å². The van der Waals surface area contributed by atoms with Gasteiger partial charge in [0.15, 0.2) is 5.78 Å². The summed E-state index contributed by atoms with van der Waals surface area (Å²) in [5, 5.41) is 3.18. The van der Waals surface area contributed by atoms with Gasteiger partial charge in [0, 0.05) is 13.0 Å². The molecule has 1 aliphatic rings. The van der Waals surface area contributed by atoms with Gasteiger partial charge in [0.2, 0.25) is 0 Å². The SMILES string of the molecule is CC(C)CCCC(=O)C1COCCN1.